The predicted octanol–water partition coefficient (Wildman–Crippen LogP) is 2.71. The van der Waals surface area contributed by atoms with Crippen LogP contribution in [0.2, 0.25) is 0 Å². The van der Waals surface area contributed by atoms with Crippen molar-refractivity contribution < 1.29 is 17.9 Å². The van der Waals surface area contributed by atoms with E-state index in [1.54, 1.807) is 6.07 Å². The molecule has 1 atom stereocenters. The zero-order valence-corrected chi connectivity index (χ0v) is 9.54. The normalized spacial score (nSPS) is 13.4. The van der Waals surface area contributed by atoms with Crippen LogP contribution in [-0.4, -0.2) is 19.6 Å². The van der Waals surface area contributed by atoms with Crippen molar-refractivity contribution >= 4 is 15.9 Å². The van der Waals surface area contributed by atoms with Gasteiger partial charge in [-0.25, -0.2) is 8.78 Å². The number of hydrogen-bond acceptors (Lipinski definition) is 3. The summed E-state index contributed by atoms with van der Waals surface area (Å²) in [5.74, 6) is 0.607. The van der Waals surface area contributed by atoms with E-state index < -0.39 is 13.0 Å². The van der Waals surface area contributed by atoms with Crippen LogP contribution in [0.25, 0.3) is 0 Å². The Kier molecular flexibility index (Phi) is 5.21. The molecule has 0 saturated heterocycles. The minimum atomic E-state index is -2.43. The molecule has 0 aliphatic rings. The molecule has 86 valence electrons. The summed E-state index contributed by atoms with van der Waals surface area (Å²) < 4.78 is 34.1. The molecule has 1 unspecified atom stereocenters. The van der Waals surface area contributed by atoms with Crippen LogP contribution in [-0.2, 0) is 4.74 Å². The maximum atomic E-state index is 11.7. The van der Waals surface area contributed by atoms with Crippen LogP contribution in [0.15, 0.2) is 21.2 Å². The first-order chi connectivity index (χ1) is 7.11. The Morgan fingerprint density at radius 2 is 2.27 bits per heavy atom. The first-order valence-electron chi connectivity index (χ1n) is 4.45. The summed E-state index contributed by atoms with van der Waals surface area (Å²) in [5, 5.41) is 0. The molecule has 0 saturated carbocycles. The van der Waals surface area contributed by atoms with Gasteiger partial charge in [-0.3, -0.25) is 0 Å². The summed E-state index contributed by atoms with van der Waals surface area (Å²) >= 11 is 3.26. The zero-order valence-electron chi connectivity index (χ0n) is 7.96. The fourth-order valence-electron chi connectivity index (χ4n) is 1.08. The van der Waals surface area contributed by atoms with Crippen molar-refractivity contribution in [1.29, 1.82) is 0 Å². The van der Waals surface area contributed by atoms with Crippen molar-refractivity contribution in [3.8, 4) is 0 Å². The highest BCUT2D eigenvalue weighted by Gasteiger charge is 2.13. The lowest BCUT2D eigenvalue weighted by molar-refractivity contribution is 0.0148. The van der Waals surface area contributed by atoms with Gasteiger partial charge in [-0.1, -0.05) is 0 Å². The molecule has 0 spiro atoms. The largest absolute Gasteiger partial charge is 0.466 e. The molecule has 1 heterocycles. The smallest absolute Gasteiger partial charge is 0.261 e. The lowest BCUT2D eigenvalue weighted by Crippen LogP contribution is -2.14. The molecule has 1 aromatic heterocycles. The highest BCUT2D eigenvalue weighted by molar-refractivity contribution is 9.10. The quantitative estimate of drug-likeness (QED) is 0.817. The van der Waals surface area contributed by atoms with Gasteiger partial charge in [0.05, 0.1) is 16.8 Å². The molecule has 0 radical (unpaired) electrons. The van der Waals surface area contributed by atoms with Crippen molar-refractivity contribution in [2.24, 2.45) is 5.73 Å². The van der Waals surface area contributed by atoms with Crippen molar-refractivity contribution in [3.05, 3.63) is 22.6 Å². The second-order valence-corrected chi connectivity index (χ2v) is 3.85. The maximum Gasteiger partial charge on any atom is 0.261 e. The van der Waals surface area contributed by atoms with Gasteiger partial charge in [0.25, 0.3) is 6.43 Å². The van der Waals surface area contributed by atoms with E-state index in [9.17, 15) is 8.78 Å². The van der Waals surface area contributed by atoms with Crippen LogP contribution in [0.4, 0.5) is 8.78 Å². The molecule has 1 rings (SSSR count). The number of halogens is 3. The van der Waals surface area contributed by atoms with E-state index in [1.807, 2.05) is 0 Å². The van der Waals surface area contributed by atoms with Crippen LogP contribution in [0.1, 0.15) is 18.2 Å². The van der Waals surface area contributed by atoms with Crippen LogP contribution >= 0.6 is 15.9 Å². The lowest BCUT2D eigenvalue weighted by atomic mass is 10.2. The van der Waals surface area contributed by atoms with Gasteiger partial charge in [-0.15, -0.1) is 0 Å². The molecule has 6 heteroatoms. The zero-order chi connectivity index (χ0) is 11.3. The molecule has 2 N–H and O–H groups in total. The van der Waals surface area contributed by atoms with Crippen LogP contribution in [0, 0.1) is 0 Å². The molecule has 3 nitrogen and oxygen atoms in total. The molecule has 0 aromatic carbocycles. The Bertz CT molecular complexity index is 293. The van der Waals surface area contributed by atoms with Crippen molar-refractivity contribution in [3.63, 3.8) is 0 Å². The fourth-order valence-corrected chi connectivity index (χ4v) is 1.58. The van der Waals surface area contributed by atoms with Gasteiger partial charge >= 0.3 is 0 Å². The number of hydrogen-bond donors (Lipinski definition) is 1. The molecule has 0 aliphatic heterocycles. The predicted molar refractivity (Wildman–Crippen MR) is 54.8 cm³/mol. The van der Waals surface area contributed by atoms with Gasteiger partial charge < -0.3 is 14.9 Å². The summed E-state index contributed by atoms with van der Waals surface area (Å²) in [5.41, 5.74) is 5.77. The molecule has 1 aromatic rings. The van der Waals surface area contributed by atoms with Gasteiger partial charge in [0.2, 0.25) is 0 Å². The third-order valence-electron chi connectivity index (χ3n) is 1.80. The lowest BCUT2D eigenvalue weighted by Gasteiger charge is -2.09. The average molecular weight is 284 g/mol. The van der Waals surface area contributed by atoms with Crippen LogP contribution < -0.4 is 5.73 Å². The Labute approximate surface area is 94.7 Å². The van der Waals surface area contributed by atoms with Crippen molar-refractivity contribution in [2.75, 3.05) is 13.2 Å². The highest BCUT2D eigenvalue weighted by Crippen LogP contribution is 2.24. The Balaban J connectivity index is 2.25. The summed E-state index contributed by atoms with van der Waals surface area (Å²) in [6, 6.07) is 1.39. The van der Waals surface area contributed by atoms with E-state index in [0.29, 0.717) is 12.2 Å². The third kappa shape index (κ3) is 4.27. The van der Waals surface area contributed by atoms with Crippen LogP contribution in [0.3, 0.4) is 0 Å². The standard InChI is InChI=1S/C9H12BrF2NO2/c10-6-1-4-15-9(6)7(13)2-3-14-5-8(11)12/h1,4,7-8H,2-3,5,13H2. The molecular formula is C9H12BrF2NO2. The monoisotopic (exact) mass is 283 g/mol. The first kappa shape index (κ1) is 12.6. The fraction of sp³-hybridized carbons (Fsp3) is 0.556. The van der Waals surface area contributed by atoms with Gasteiger partial charge in [0.1, 0.15) is 12.4 Å². The van der Waals surface area contributed by atoms with E-state index >= 15 is 0 Å². The highest BCUT2D eigenvalue weighted by atomic mass is 79.9. The molecular weight excluding hydrogens is 272 g/mol. The number of rotatable bonds is 6. The molecule has 0 aliphatic carbocycles. The van der Waals surface area contributed by atoms with Gasteiger partial charge in [0.15, 0.2) is 0 Å². The SMILES string of the molecule is NC(CCOCC(F)F)c1occc1Br. The molecule has 15 heavy (non-hydrogen) atoms. The average Bonchev–Trinajstić information content (AvgIpc) is 2.58. The van der Waals surface area contributed by atoms with E-state index in [0.717, 1.165) is 4.47 Å². The Hall–Kier alpha value is -0.460. The molecule has 0 amide bonds. The number of furan rings is 1. The molecule has 0 fully saturated rings. The minimum Gasteiger partial charge on any atom is -0.466 e. The van der Waals surface area contributed by atoms with Gasteiger partial charge in [-0.05, 0) is 28.4 Å². The number of ether oxygens (including phenoxy) is 1. The summed E-state index contributed by atoms with van der Waals surface area (Å²) in [7, 11) is 0. The van der Waals surface area contributed by atoms with E-state index in [4.69, 9.17) is 14.9 Å². The number of nitrogens with two attached hydrogens (primary N) is 1. The van der Waals surface area contributed by atoms with Gasteiger partial charge in [0, 0.05) is 6.61 Å². The van der Waals surface area contributed by atoms with Crippen molar-refractivity contribution in [1.82, 2.24) is 0 Å². The molecule has 0 bridgehead atoms. The maximum absolute atomic E-state index is 11.7. The Morgan fingerprint density at radius 1 is 1.53 bits per heavy atom. The number of alkyl halides is 2. The Morgan fingerprint density at radius 3 is 2.80 bits per heavy atom. The van der Waals surface area contributed by atoms with Gasteiger partial charge in [-0.2, -0.15) is 0 Å². The summed E-state index contributed by atoms with van der Waals surface area (Å²) in [4.78, 5) is 0. The summed E-state index contributed by atoms with van der Waals surface area (Å²) in [6.07, 6.45) is -0.477. The summed E-state index contributed by atoms with van der Waals surface area (Å²) in [6.45, 7) is -0.356. The third-order valence-corrected chi connectivity index (χ3v) is 2.45. The van der Waals surface area contributed by atoms with E-state index in [1.165, 1.54) is 6.26 Å². The van der Waals surface area contributed by atoms with E-state index in [2.05, 4.69) is 15.9 Å². The van der Waals surface area contributed by atoms with E-state index in [-0.39, 0.29) is 12.6 Å². The topological polar surface area (TPSA) is 48.4 Å². The minimum absolute atomic E-state index is 0.193. The van der Waals surface area contributed by atoms with Crippen LogP contribution in [0.5, 0.6) is 0 Å². The first-order valence-corrected chi connectivity index (χ1v) is 5.25. The second kappa shape index (κ2) is 6.19. The van der Waals surface area contributed by atoms with Crippen molar-refractivity contribution in [2.45, 2.75) is 18.9 Å². The second-order valence-electron chi connectivity index (χ2n) is 2.99.